The first-order valence-corrected chi connectivity index (χ1v) is 10.8. The van der Waals surface area contributed by atoms with E-state index in [1.54, 1.807) is 12.1 Å². The van der Waals surface area contributed by atoms with E-state index in [-0.39, 0.29) is 35.5 Å². The Hall–Kier alpha value is -1.72. The average Bonchev–Trinajstić information content (AvgIpc) is 2.66. The molecule has 0 atom stereocenters. The molecule has 0 unspecified atom stereocenters. The number of guanidine groups is 1. The van der Waals surface area contributed by atoms with Crippen molar-refractivity contribution < 1.29 is 12.8 Å². The van der Waals surface area contributed by atoms with Gasteiger partial charge in [-0.05, 0) is 49.2 Å². The van der Waals surface area contributed by atoms with Crippen LogP contribution in [0.25, 0.3) is 0 Å². The molecule has 0 aliphatic carbocycles. The normalized spacial score (nSPS) is 11.6. The van der Waals surface area contributed by atoms with Gasteiger partial charge in [-0.15, -0.1) is 24.0 Å². The molecule has 9 heteroatoms. The molecule has 6 nitrogen and oxygen atoms in total. The van der Waals surface area contributed by atoms with Gasteiger partial charge in [0.1, 0.15) is 5.82 Å². The van der Waals surface area contributed by atoms with Crippen LogP contribution in [-0.4, -0.2) is 34.5 Å². The van der Waals surface area contributed by atoms with Crippen LogP contribution in [0, 0.1) is 5.82 Å². The van der Waals surface area contributed by atoms with Crippen LogP contribution < -0.4 is 15.4 Å². The molecule has 3 N–H and O–H groups in total. The molecule has 0 fully saturated rings. The molecule has 0 aliphatic rings. The van der Waals surface area contributed by atoms with Crippen LogP contribution in [0.3, 0.4) is 0 Å². The summed E-state index contributed by atoms with van der Waals surface area (Å²) in [6.45, 7) is 3.73. The number of hydrogen-bond acceptors (Lipinski definition) is 3. The Morgan fingerprint density at radius 3 is 2.41 bits per heavy atom. The second-order valence-electron chi connectivity index (χ2n) is 6.29. The van der Waals surface area contributed by atoms with Crippen molar-refractivity contribution in [3.8, 4) is 0 Å². The Morgan fingerprint density at radius 2 is 1.72 bits per heavy atom. The van der Waals surface area contributed by atoms with Gasteiger partial charge in [0.25, 0.3) is 0 Å². The van der Waals surface area contributed by atoms with Crippen molar-refractivity contribution in [3.63, 3.8) is 0 Å². The zero-order valence-corrected chi connectivity index (χ0v) is 19.8. The lowest BCUT2D eigenvalue weighted by Gasteiger charge is -2.12. The summed E-state index contributed by atoms with van der Waals surface area (Å²) in [6.07, 6.45) is 0.680. The predicted molar refractivity (Wildman–Crippen MR) is 126 cm³/mol. The van der Waals surface area contributed by atoms with E-state index in [1.165, 1.54) is 19.2 Å². The fraction of sp³-hybridized carbons (Fsp3) is 0.350. The number of nitrogens with zero attached hydrogens (tertiary/aromatic N) is 1. The monoisotopic (exact) mass is 534 g/mol. The van der Waals surface area contributed by atoms with Gasteiger partial charge in [-0.2, -0.15) is 0 Å². The number of sulfonamides is 1. The van der Waals surface area contributed by atoms with Crippen LogP contribution in [0.4, 0.5) is 4.39 Å². The summed E-state index contributed by atoms with van der Waals surface area (Å²) in [5.41, 5.74) is 2.55. The van der Waals surface area contributed by atoms with Gasteiger partial charge in [-0.1, -0.05) is 36.4 Å². The van der Waals surface area contributed by atoms with Gasteiger partial charge in [-0.3, -0.25) is 0 Å². The third-order valence-corrected chi connectivity index (χ3v) is 5.35. The molecule has 0 spiro atoms. The summed E-state index contributed by atoms with van der Waals surface area (Å²) in [5, 5.41) is 6.40. The smallest absolute Gasteiger partial charge is 0.215 e. The summed E-state index contributed by atoms with van der Waals surface area (Å²) in [4.78, 5) is 4.55. The highest BCUT2D eigenvalue weighted by Gasteiger charge is 2.08. The van der Waals surface area contributed by atoms with Crippen molar-refractivity contribution in [2.24, 2.45) is 4.99 Å². The van der Waals surface area contributed by atoms with Crippen LogP contribution in [0.15, 0.2) is 53.5 Å². The molecule has 0 saturated heterocycles. The van der Waals surface area contributed by atoms with E-state index in [9.17, 15) is 12.8 Å². The Kier molecular flexibility index (Phi) is 11.1. The molecule has 0 radical (unpaired) electrons. The Bertz CT molecular complexity index is 907. The highest BCUT2D eigenvalue weighted by molar-refractivity contribution is 14.0. The fourth-order valence-corrected chi connectivity index (χ4v) is 3.40. The van der Waals surface area contributed by atoms with E-state index in [0.29, 0.717) is 37.6 Å². The maximum Gasteiger partial charge on any atom is 0.215 e. The maximum absolute atomic E-state index is 13.2. The van der Waals surface area contributed by atoms with E-state index in [0.717, 1.165) is 11.1 Å². The topological polar surface area (TPSA) is 82.6 Å². The highest BCUT2D eigenvalue weighted by Crippen LogP contribution is 2.10. The summed E-state index contributed by atoms with van der Waals surface area (Å²) in [5.74, 6) is 0.359. The molecule has 0 saturated carbocycles. The van der Waals surface area contributed by atoms with Gasteiger partial charge >= 0.3 is 0 Å². The summed E-state index contributed by atoms with van der Waals surface area (Å²) in [6, 6.07) is 13.9. The lowest BCUT2D eigenvalue weighted by Crippen LogP contribution is -2.38. The molecule has 0 amide bonds. The van der Waals surface area contributed by atoms with Gasteiger partial charge < -0.3 is 10.6 Å². The van der Waals surface area contributed by atoms with Gasteiger partial charge in [-0.25, -0.2) is 22.5 Å². The van der Waals surface area contributed by atoms with Crippen molar-refractivity contribution in [2.45, 2.75) is 25.6 Å². The van der Waals surface area contributed by atoms with E-state index >= 15 is 0 Å². The Morgan fingerprint density at radius 1 is 1.03 bits per heavy atom. The third-order valence-electron chi connectivity index (χ3n) is 4.02. The molecule has 0 bridgehead atoms. The van der Waals surface area contributed by atoms with Gasteiger partial charge in [0.2, 0.25) is 10.0 Å². The zero-order chi connectivity index (χ0) is 20.4. The van der Waals surface area contributed by atoms with Gasteiger partial charge in [0, 0.05) is 13.1 Å². The molecule has 160 valence electrons. The van der Waals surface area contributed by atoms with Crippen LogP contribution in [0.1, 0.15) is 23.6 Å². The lowest BCUT2D eigenvalue weighted by molar-refractivity contribution is 0.587. The van der Waals surface area contributed by atoms with Crippen LogP contribution in [0.2, 0.25) is 0 Å². The third kappa shape index (κ3) is 9.55. The predicted octanol–water partition coefficient (Wildman–Crippen LogP) is 2.79. The molecule has 0 heterocycles. The molecule has 0 aliphatic heterocycles. The van der Waals surface area contributed by atoms with Crippen LogP contribution in [0.5, 0.6) is 0 Å². The summed E-state index contributed by atoms with van der Waals surface area (Å²) < 4.78 is 39.0. The minimum absolute atomic E-state index is 0. The molecule has 29 heavy (non-hydrogen) atoms. The standard InChI is InChI=1S/C20H27FN4O2S.HI/c1-3-23-20(24-11-10-16-6-5-9-19(21)13-16)25-14-17-7-4-8-18(12-17)15-28(26,27)22-2;/h4-9,12-13,22H,3,10-11,14-15H2,1-2H3,(H2,23,24,25);1H. The van der Waals surface area contributed by atoms with E-state index < -0.39 is 10.0 Å². The Balaban J connectivity index is 0.00000420. The molecular weight excluding hydrogens is 506 g/mol. The van der Waals surface area contributed by atoms with Crippen molar-refractivity contribution in [2.75, 3.05) is 20.1 Å². The Labute approximate surface area is 189 Å². The minimum Gasteiger partial charge on any atom is -0.357 e. The number of benzene rings is 2. The molecule has 2 rings (SSSR count). The molecule has 2 aromatic rings. The quantitative estimate of drug-likeness (QED) is 0.263. The molecule has 0 aromatic heterocycles. The number of nitrogens with one attached hydrogen (secondary N) is 3. The number of aliphatic imine (C=N–C) groups is 1. The number of hydrogen-bond donors (Lipinski definition) is 3. The van der Waals surface area contributed by atoms with Crippen molar-refractivity contribution in [1.82, 2.24) is 15.4 Å². The summed E-state index contributed by atoms with van der Waals surface area (Å²) in [7, 11) is -1.90. The zero-order valence-electron chi connectivity index (χ0n) is 16.6. The van der Waals surface area contributed by atoms with E-state index in [4.69, 9.17) is 0 Å². The first kappa shape index (κ1) is 25.3. The van der Waals surface area contributed by atoms with E-state index in [1.807, 2.05) is 31.2 Å². The van der Waals surface area contributed by atoms with Gasteiger partial charge in [0.15, 0.2) is 5.96 Å². The largest absolute Gasteiger partial charge is 0.357 e. The molecule has 2 aromatic carbocycles. The number of rotatable bonds is 9. The van der Waals surface area contributed by atoms with Crippen molar-refractivity contribution in [1.29, 1.82) is 0 Å². The second kappa shape index (κ2) is 12.8. The van der Waals surface area contributed by atoms with Crippen LogP contribution >= 0.6 is 24.0 Å². The average molecular weight is 534 g/mol. The van der Waals surface area contributed by atoms with Crippen molar-refractivity contribution >= 4 is 40.0 Å². The minimum atomic E-state index is -3.31. The van der Waals surface area contributed by atoms with Gasteiger partial charge in [0.05, 0.1) is 12.3 Å². The summed E-state index contributed by atoms with van der Waals surface area (Å²) >= 11 is 0. The SMILES string of the molecule is CCNC(=NCc1cccc(CS(=O)(=O)NC)c1)NCCc1cccc(F)c1.I. The first-order valence-electron chi connectivity index (χ1n) is 9.17. The van der Waals surface area contributed by atoms with Crippen molar-refractivity contribution in [3.05, 3.63) is 71.0 Å². The molecular formula is C20H28FIN4O2S. The lowest BCUT2D eigenvalue weighted by atomic mass is 10.1. The maximum atomic E-state index is 13.2. The first-order chi connectivity index (χ1) is 13.4. The highest BCUT2D eigenvalue weighted by atomic mass is 127. The number of halogens is 2. The fourth-order valence-electron chi connectivity index (χ4n) is 2.64. The van der Waals surface area contributed by atoms with Crippen LogP contribution in [-0.2, 0) is 28.7 Å². The van der Waals surface area contributed by atoms with E-state index in [2.05, 4.69) is 20.3 Å². The second-order valence-corrected chi connectivity index (χ2v) is 8.21.